The summed E-state index contributed by atoms with van der Waals surface area (Å²) >= 11 is 0. The van der Waals surface area contributed by atoms with Crippen molar-refractivity contribution in [2.45, 2.75) is 31.7 Å². The Morgan fingerprint density at radius 1 is 1.44 bits per heavy atom. The highest BCUT2D eigenvalue weighted by molar-refractivity contribution is 4.74. The van der Waals surface area contributed by atoms with E-state index in [9.17, 15) is 0 Å². The second kappa shape index (κ2) is 2.64. The Kier molecular flexibility index (Phi) is 2.05. The Hall–Kier alpha value is -0.120. The highest BCUT2D eigenvalue weighted by atomic mass is 16.5. The van der Waals surface area contributed by atoms with E-state index in [1.165, 1.54) is 0 Å². The molecule has 0 amide bonds. The molecular formula is C6H12O3. The number of hydrogen-bond acceptors (Lipinski definition) is 3. The molecule has 0 aromatic rings. The van der Waals surface area contributed by atoms with Gasteiger partial charge in [0.2, 0.25) is 0 Å². The van der Waals surface area contributed by atoms with Crippen LogP contribution < -0.4 is 0 Å². The van der Waals surface area contributed by atoms with Crippen molar-refractivity contribution < 1.29 is 14.9 Å². The van der Waals surface area contributed by atoms with Gasteiger partial charge in [0.25, 0.3) is 0 Å². The van der Waals surface area contributed by atoms with Gasteiger partial charge in [-0.1, -0.05) is 0 Å². The van der Waals surface area contributed by atoms with Crippen molar-refractivity contribution in [1.82, 2.24) is 0 Å². The van der Waals surface area contributed by atoms with Crippen molar-refractivity contribution in [3.05, 3.63) is 0 Å². The van der Waals surface area contributed by atoms with Gasteiger partial charge in [-0.25, -0.2) is 0 Å². The molecule has 3 atom stereocenters. The minimum absolute atomic E-state index is 0.117. The van der Waals surface area contributed by atoms with Crippen LogP contribution in [0.3, 0.4) is 0 Å². The van der Waals surface area contributed by atoms with Crippen LogP contribution in [0.2, 0.25) is 0 Å². The van der Waals surface area contributed by atoms with Crippen LogP contribution >= 0.6 is 0 Å². The molecule has 0 saturated carbocycles. The summed E-state index contributed by atoms with van der Waals surface area (Å²) in [6.45, 7) is 2.16. The van der Waals surface area contributed by atoms with Gasteiger partial charge < -0.3 is 14.9 Å². The van der Waals surface area contributed by atoms with E-state index >= 15 is 0 Å². The van der Waals surface area contributed by atoms with E-state index in [4.69, 9.17) is 14.9 Å². The van der Waals surface area contributed by atoms with Gasteiger partial charge in [0, 0.05) is 6.42 Å². The molecule has 54 valence electrons. The molecule has 0 spiro atoms. The maximum absolute atomic E-state index is 9.06. The summed E-state index contributed by atoms with van der Waals surface area (Å²) in [6.07, 6.45) is -0.639. The van der Waals surface area contributed by atoms with Gasteiger partial charge in [0.05, 0.1) is 24.9 Å². The molecule has 1 saturated heterocycles. The largest absolute Gasteiger partial charge is 0.391 e. The summed E-state index contributed by atoms with van der Waals surface area (Å²) in [5.41, 5.74) is 0. The highest BCUT2D eigenvalue weighted by Gasteiger charge is 2.24. The lowest BCUT2D eigenvalue weighted by molar-refractivity contribution is -0.115. The Morgan fingerprint density at radius 2 is 2.11 bits per heavy atom. The van der Waals surface area contributed by atoms with E-state index in [2.05, 4.69) is 0 Å². The van der Waals surface area contributed by atoms with Crippen molar-refractivity contribution in [1.29, 1.82) is 0 Å². The van der Waals surface area contributed by atoms with E-state index in [-0.39, 0.29) is 6.10 Å². The van der Waals surface area contributed by atoms with Crippen molar-refractivity contribution in [2.24, 2.45) is 0 Å². The normalized spacial score (nSPS) is 45.0. The minimum atomic E-state index is -0.492. The smallest absolute Gasteiger partial charge is 0.0824 e. The van der Waals surface area contributed by atoms with Crippen LogP contribution in [0.25, 0.3) is 0 Å². The highest BCUT2D eigenvalue weighted by Crippen LogP contribution is 2.12. The topological polar surface area (TPSA) is 49.7 Å². The van der Waals surface area contributed by atoms with E-state index in [1.54, 1.807) is 6.92 Å². The maximum Gasteiger partial charge on any atom is 0.0824 e. The zero-order valence-corrected chi connectivity index (χ0v) is 5.45. The summed E-state index contributed by atoms with van der Waals surface area (Å²) in [6, 6.07) is 0. The number of ether oxygens (including phenoxy) is 1. The van der Waals surface area contributed by atoms with Crippen molar-refractivity contribution >= 4 is 0 Å². The first-order chi connectivity index (χ1) is 4.20. The summed E-state index contributed by atoms with van der Waals surface area (Å²) in [5.74, 6) is 0. The molecule has 1 aliphatic heterocycles. The van der Waals surface area contributed by atoms with Crippen LogP contribution in [0, 0.1) is 0 Å². The Bertz CT molecular complexity index is 94.3. The van der Waals surface area contributed by atoms with Gasteiger partial charge in [0.15, 0.2) is 0 Å². The van der Waals surface area contributed by atoms with E-state index in [0.29, 0.717) is 13.0 Å². The summed E-state index contributed by atoms with van der Waals surface area (Å²) in [4.78, 5) is 0. The van der Waals surface area contributed by atoms with E-state index in [0.717, 1.165) is 0 Å². The van der Waals surface area contributed by atoms with Gasteiger partial charge in [-0.3, -0.25) is 0 Å². The second-order valence-corrected chi connectivity index (χ2v) is 2.50. The zero-order chi connectivity index (χ0) is 6.85. The molecule has 0 bridgehead atoms. The van der Waals surface area contributed by atoms with E-state index in [1.807, 2.05) is 0 Å². The van der Waals surface area contributed by atoms with Crippen LogP contribution in [0.15, 0.2) is 0 Å². The fourth-order valence-electron chi connectivity index (χ4n) is 0.912. The predicted molar refractivity (Wildman–Crippen MR) is 32.0 cm³/mol. The fourth-order valence-corrected chi connectivity index (χ4v) is 0.912. The molecule has 1 heterocycles. The van der Waals surface area contributed by atoms with Crippen LogP contribution in [-0.4, -0.2) is 35.1 Å². The zero-order valence-electron chi connectivity index (χ0n) is 5.45. The number of aliphatic hydroxyl groups is 2. The third-order valence-corrected chi connectivity index (χ3v) is 1.61. The third kappa shape index (κ3) is 1.64. The number of hydrogen-bond donors (Lipinski definition) is 2. The van der Waals surface area contributed by atoms with Gasteiger partial charge in [-0.15, -0.1) is 0 Å². The molecular weight excluding hydrogens is 120 g/mol. The van der Waals surface area contributed by atoms with E-state index < -0.39 is 12.2 Å². The van der Waals surface area contributed by atoms with Gasteiger partial charge in [-0.2, -0.15) is 0 Å². The van der Waals surface area contributed by atoms with Gasteiger partial charge in [-0.05, 0) is 6.92 Å². The lowest BCUT2D eigenvalue weighted by Gasteiger charge is -2.28. The number of rotatable bonds is 0. The Balaban J connectivity index is 2.35. The van der Waals surface area contributed by atoms with Gasteiger partial charge >= 0.3 is 0 Å². The average Bonchev–Trinajstić information content (AvgIpc) is 1.80. The molecule has 0 radical (unpaired) electrons. The fraction of sp³-hybridized carbons (Fsp3) is 1.00. The lowest BCUT2D eigenvalue weighted by Crippen LogP contribution is -2.39. The molecule has 3 heteroatoms. The quantitative estimate of drug-likeness (QED) is 0.468. The summed E-state index contributed by atoms with van der Waals surface area (Å²) in [5, 5.41) is 18.0. The van der Waals surface area contributed by atoms with Crippen LogP contribution in [0.1, 0.15) is 13.3 Å². The SMILES string of the molecule is C[C@H]1OCC(O)CC1O. The Labute approximate surface area is 54.3 Å². The molecule has 0 aliphatic carbocycles. The van der Waals surface area contributed by atoms with Crippen LogP contribution in [0.4, 0.5) is 0 Å². The predicted octanol–water partition coefficient (Wildman–Crippen LogP) is -0.483. The standard InChI is InChI=1S/C6H12O3/c1-4-6(8)2-5(7)3-9-4/h4-8H,2-3H2,1H3/t4-,5?,6?/m1/s1. The first-order valence-electron chi connectivity index (χ1n) is 3.18. The second-order valence-electron chi connectivity index (χ2n) is 2.50. The molecule has 1 aliphatic rings. The summed E-state index contributed by atoms with van der Waals surface area (Å²) in [7, 11) is 0. The molecule has 2 N–H and O–H groups in total. The molecule has 2 unspecified atom stereocenters. The Morgan fingerprint density at radius 3 is 2.56 bits per heavy atom. The minimum Gasteiger partial charge on any atom is -0.391 e. The average molecular weight is 132 g/mol. The third-order valence-electron chi connectivity index (χ3n) is 1.61. The molecule has 0 aromatic carbocycles. The lowest BCUT2D eigenvalue weighted by atomic mass is 10.1. The molecule has 1 rings (SSSR count). The van der Waals surface area contributed by atoms with Crippen LogP contribution in [-0.2, 0) is 4.74 Å². The first kappa shape index (κ1) is 6.99. The molecule has 1 fully saturated rings. The molecule has 3 nitrogen and oxygen atoms in total. The monoisotopic (exact) mass is 132 g/mol. The van der Waals surface area contributed by atoms with Crippen molar-refractivity contribution in [3.8, 4) is 0 Å². The van der Waals surface area contributed by atoms with Gasteiger partial charge in [0.1, 0.15) is 0 Å². The van der Waals surface area contributed by atoms with Crippen LogP contribution in [0.5, 0.6) is 0 Å². The molecule has 0 aromatic heterocycles. The number of aliphatic hydroxyl groups excluding tert-OH is 2. The summed E-state index contributed by atoms with van der Waals surface area (Å²) < 4.78 is 5.00. The first-order valence-corrected chi connectivity index (χ1v) is 3.18. The molecule has 9 heavy (non-hydrogen) atoms. The maximum atomic E-state index is 9.06. The van der Waals surface area contributed by atoms with Crippen molar-refractivity contribution in [2.75, 3.05) is 6.61 Å². The van der Waals surface area contributed by atoms with Crippen molar-refractivity contribution in [3.63, 3.8) is 0 Å².